The summed E-state index contributed by atoms with van der Waals surface area (Å²) in [7, 11) is 0. The molecule has 0 heterocycles. The van der Waals surface area contributed by atoms with Crippen molar-refractivity contribution in [3.63, 3.8) is 0 Å². The van der Waals surface area contributed by atoms with Gasteiger partial charge in [-0.15, -0.1) is 0 Å². The number of rotatable bonds is 9. The smallest absolute Gasteiger partial charge is 0.416 e. The molecule has 10 heteroatoms. The Morgan fingerprint density at radius 3 is 2.55 bits per heavy atom. The summed E-state index contributed by atoms with van der Waals surface area (Å²) in [5.74, 6) is -0.236. The Hall–Kier alpha value is -4.00. The van der Waals surface area contributed by atoms with Crippen LogP contribution in [0, 0.1) is 17.2 Å². The van der Waals surface area contributed by atoms with Crippen LogP contribution in [0.4, 0.5) is 18.9 Å². The summed E-state index contributed by atoms with van der Waals surface area (Å²) in [6.45, 7) is 3.65. The van der Waals surface area contributed by atoms with E-state index in [0.29, 0.717) is 11.5 Å². The monoisotopic (exact) mass is 529 g/mol. The summed E-state index contributed by atoms with van der Waals surface area (Å²) in [6.07, 6.45) is 1.02. The van der Waals surface area contributed by atoms with E-state index in [1.807, 2.05) is 6.07 Å². The number of amides is 2. The maximum absolute atomic E-state index is 12.9. The molecule has 202 valence electrons. The molecule has 2 N–H and O–H groups in total. The number of nitriles is 1. The molecule has 1 saturated carbocycles. The van der Waals surface area contributed by atoms with Crippen molar-refractivity contribution in [2.75, 3.05) is 18.5 Å². The van der Waals surface area contributed by atoms with Gasteiger partial charge in [0, 0.05) is 11.7 Å². The first-order chi connectivity index (χ1) is 18.1. The molecular formula is C28H30F3N3O4. The van der Waals surface area contributed by atoms with Crippen LogP contribution < -0.4 is 20.1 Å². The number of benzene rings is 2. The SMILES string of the molecule is CCOc1cc(/C=C(\C#N)C(=O)NC2CCCCC2C)ccc1OCC(=O)Nc1cccc(C(F)(F)F)c1. The van der Waals surface area contributed by atoms with E-state index in [4.69, 9.17) is 9.47 Å². The molecule has 0 radical (unpaired) electrons. The number of nitrogens with one attached hydrogen (secondary N) is 2. The second-order valence-electron chi connectivity index (χ2n) is 9.07. The van der Waals surface area contributed by atoms with Crippen molar-refractivity contribution in [1.29, 1.82) is 5.26 Å². The molecule has 1 fully saturated rings. The van der Waals surface area contributed by atoms with Crippen LogP contribution >= 0.6 is 0 Å². The zero-order valence-electron chi connectivity index (χ0n) is 21.2. The average Bonchev–Trinajstić information content (AvgIpc) is 2.88. The fraction of sp³-hybridized carbons (Fsp3) is 0.393. The molecule has 0 saturated heterocycles. The van der Waals surface area contributed by atoms with Gasteiger partial charge in [0.1, 0.15) is 11.6 Å². The Labute approximate surface area is 219 Å². The first-order valence-electron chi connectivity index (χ1n) is 12.4. The molecule has 1 aliphatic rings. The van der Waals surface area contributed by atoms with Crippen molar-refractivity contribution in [2.24, 2.45) is 5.92 Å². The minimum atomic E-state index is -4.53. The third-order valence-electron chi connectivity index (χ3n) is 6.20. The molecule has 38 heavy (non-hydrogen) atoms. The minimum Gasteiger partial charge on any atom is -0.490 e. The number of halogens is 3. The molecule has 0 aromatic heterocycles. The van der Waals surface area contributed by atoms with Crippen molar-refractivity contribution in [3.05, 3.63) is 59.2 Å². The number of hydrogen-bond donors (Lipinski definition) is 2. The van der Waals surface area contributed by atoms with Crippen LogP contribution in [0.1, 0.15) is 50.7 Å². The summed E-state index contributed by atoms with van der Waals surface area (Å²) in [6, 6.07) is 11.0. The van der Waals surface area contributed by atoms with Gasteiger partial charge in [0.15, 0.2) is 18.1 Å². The maximum Gasteiger partial charge on any atom is 0.416 e. The molecule has 2 atom stereocenters. The summed E-state index contributed by atoms with van der Waals surface area (Å²) < 4.78 is 49.8. The van der Waals surface area contributed by atoms with E-state index in [0.717, 1.165) is 37.8 Å². The van der Waals surface area contributed by atoms with E-state index in [-0.39, 0.29) is 35.4 Å². The Balaban J connectivity index is 1.67. The van der Waals surface area contributed by atoms with Crippen molar-refractivity contribution in [2.45, 2.75) is 51.7 Å². The highest BCUT2D eigenvalue weighted by atomic mass is 19.4. The number of ether oxygens (including phenoxy) is 2. The van der Waals surface area contributed by atoms with Crippen molar-refractivity contribution in [3.8, 4) is 17.6 Å². The molecule has 2 aromatic carbocycles. The molecule has 0 bridgehead atoms. The van der Waals surface area contributed by atoms with Gasteiger partial charge >= 0.3 is 6.18 Å². The van der Waals surface area contributed by atoms with Gasteiger partial charge < -0.3 is 20.1 Å². The first-order valence-corrected chi connectivity index (χ1v) is 12.4. The van der Waals surface area contributed by atoms with Crippen LogP contribution in [0.15, 0.2) is 48.0 Å². The van der Waals surface area contributed by atoms with Gasteiger partial charge in [0.2, 0.25) is 0 Å². The van der Waals surface area contributed by atoms with Crippen molar-refractivity contribution in [1.82, 2.24) is 5.32 Å². The van der Waals surface area contributed by atoms with Gasteiger partial charge in [-0.1, -0.05) is 31.9 Å². The van der Waals surface area contributed by atoms with Crippen LogP contribution in [0.5, 0.6) is 11.5 Å². The van der Waals surface area contributed by atoms with Gasteiger partial charge in [-0.3, -0.25) is 9.59 Å². The summed E-state index contributed by atoms with van der Waals surface area (Å²) >= 11 is 0. The molecule has 0 spiro atoms. The fourth-order valence-corrected chi connectivity index (χ4v) is 4.21. The van der Waals surface area contributed by atoms with Gasteiger partial charge in [0.25, 0.3) is 11.8 Å². The van der Waals surface area contributed by atoms with Crippen LogP contribution in [-0.2, 0) is 15.8 Å². The lowest BCUT2D eigenvalue weighted by Crippen LogP contribution is -2.41. The van der Waals surface area contributed by atoms with Crippen LogP contribution in [0.3, 0.4) is 0 Å². The van der Waals surface area contributed by atoms with Crippen LogP contribution in [0.2, 0.25) is 0 Å². The van der Waals surface area contributed by atoms with E-state index >= 15 is 0 Å². The Morgan fingerprint density at radius 1 is 1.11 bits per heavy atom. The molecular weight excluding hydrogens is 499 g/mol. The zero-order valence-corrected chi connectivity index (χ0v) is 21.2. The summed E-state index contributed by atoms with van der Waals surface area (Å²) in [4.78, 5) is 25.0. The topological polar surface area (TPSA) is 100 Å². The summed E-state index contributed by atoms with van der Waals surface area (Å²) in [5.41, 5.74) is -0.405. The maximum atomic E-state index is 12.9. The standard InChI is InChI=1S/C28H30F3N3O4/c1-3-37-25-14-19(13-20(16-32)27(36)34-23-10-5-4-7-18(23)2)11-12-24(25)38-17-26(35)33-22-9-6-8-21(15-22)28(29,30)31/h6,8-9,11-15,18,23H,3-5,7,10,17H2,1-2H3,(H,33,35)(H,34,36)/b20-13+. The van der Waals surface area contributed by atoms with Crippen molar-refractivity contribution >= 4 is 23.6 Å². The molecule has 2 amide bonds. The van der Waals surface area contributed by atoms with E-state index < -0.39 is 30.2 Å². The third-order valence-corrected chi connectivity index (χ3v) is 6.20. The van der Waals surface area contributed by atoms with E-state index in [1.165, 1.54) is 24.3 Å². The first kappa shape index (κ1) is 28.6. The van der Waals surface area contributed by atoms with Crippen molar-refractivity contribution < 1.29 is 32.2 Å². The lowest BCUT2D eigenvalue weighted by Gasteiger charge is -2.29. The largest absolute Gasteiger partial charge is 0.490 e. The van der Waals surface area contributed by atoms with Gasteiger partial charge in [-0.25, -0.2) is 0 Å². The Bertz CT molecular complexity index is 1220. The second kappa shape index (κ2) is 13.0. The van der Waals surface area contributed by atoms with E-state index in [9.17, 15) is 28.0 Å². The Morgan fingerprint density at radius 2 is 1.87 bits per heavy atom. The number of carbonyl (C=O) groups is 2. The Kier molecular flexibility index (Phi) is 9.77. The average molecular weight is 530 g/mol. The lowest BCUT2D eigenvalue weighted by atomic mass is 9.86. The predicted octanol–water partition coefficient (Wildman–Crippen LogP) is 5.72. The van der Waals surface area contributed by atoms with Gasteiger partial charge in [-0.05, 0) is 67.7 Å². The number of alkyl halides is 3. The molecule has 7 nitrogen and oxygen atoms in total. The highest BCUT2D eigenvalue weighted by molar-refractivity contribution is 6.02. The minimum absolute atomic E-state index is 0.0103. The number of hydrogen-bond acceptors (Lipinski definition) is 5. The number of carbonyl (C=O) groups excluding carboxylic acids is 2. The normalized spacial score (nSPS) is 17.7. The lowest BCUT2D eigenvalue weighted by molar-refractivity contribution is -0.137. The van der Waals surface area contributed by atoms with Crippen LogP contribution in [0.25, 0.3) is 6.08 Å². The highest BCUT2D eigenvalue weighted by Crippen LogP contribution is 2.31. The molecule has 3 rings (SSSR count). The highest BCUT2D eigenvalue weighted by Gasteiger charge is 2.30. The molecule has 0 aliphatic heterocycles. The van der Waals surface area contributed by atoms with Gasteiger partial charge in [-0.2, -0.15) is 18.4 Å². The molecule has 1 aliphatic carbocycles. The number of nitrogens with zero attached hydrogens (tertiary/aromatic N) is 1. The van der Waals surface area contributed by atoms with Gasteiger partial charge in [0.05, 0.1) is 12.2 Å². The number of anilines is 1. The third kappa shape index (κ3) is 8.00. The fourth-order valence-electron chi connectivity index (χ4n) is 4.21. The van der Waals surface area contributed by atoms with E-state index in [1.54, 1.807) is 19.1 Å². The predicted molar refractivity (Wildman–Crippen MR) is 136 cm³/mol. The molecule has 2 unspecified atom stereocenters. The van der Waals surface area contributed by atoms with Crippen LogP contribution in [-0.4, -0.2) is 31.1 Å². The molecule has 2 aromatic rings. The second-order valence-corrected chi connectivity index (χ2v) is 9.07. The van der Waals surface area contributed by atoms with E-state index in [2.05, 4.69) is 17.6 Å². The quantitative estimate of drug-likeness (QED) is 0.320. The summed E-state index contributed by atoms with van der Waals surface area (Å²) in [5, 5.41) is 14.9. The zero-order chi connectivity index (χ0) is 27.7.